The van der Waals surface area contributed by atoms with Crippen molar-refractivity contribution < 1.29 is 4.74 Å². The van der Waals surface area contributed by atoms with E-state index in [2.05, 4.69) is 45.9 Å². The summed E-state index contributed by atoms with van der Waals surface area (Å²) in [6.07, 6.45) is 1.18. The van der Waals surface area contributed by atoms with E-state index in [1.807, 2.05) is 6.07 Å². The molecule has 0 unspecified atom stereocenters. The van der Waals surface area contributed by atoms with Crippen molar-refractivity contribution in [1.82, 2.24) is 0 Å². The maximum Gasteiger partial charge on any atom is 0.122 e. The predicted molar refractivity (Wildman–Crippen MR) is 73.9 cm³/mol. The minimum atomic E-state index is 0.0431. The number of para-hydroxylation sites is 1. The minimum absolute atomic E-state index is 0.0431. The largest absolute Gasteiger partial charge is 0.496 e. The van der Waals surface area contributed by atoms with Gasteiger partial charge in [-0.3, -0.25) is 0 Å². The molecule has 0 aliphatic carbocycles. The van der Waals surface area contributed by atoms with Crippen LogP contribution in [0.25, 0.3) is 0 Å². The molecule has 0 saturated carbocycles. The van der Waals surface area contributed by atoms with Crippen LogP contribution in [0, 0.1) is 0 Å². The Morgan fingerprint density at radius 1 is 1.06 bits per heavy atom. The zero-order valence-corrected chi connectivity index (χ0v) is 11.9. The molecule has 0 spiro atoms. The molecular weight excluding hydrogens is 215 g/mol. The van der Waals surface area contributed by atoms with Crippen molar-refractivity contribution in [3.8, 4) is 5.75 Å². The van der Waals surface area contributed by atoms with E-state index >= 15 is 0 Å². The highest BCUT2D eigenvalue weighted by atomic mass is 31.1. The molecule has 1 rings (SSSR count). The molecule has 0 heterocycles. The Hall–Kier alpha value is -0.550. The van der Waals surface area contributed by atoms with Crippen LogP contribution in [0.1, 0.15) is 33.3 Å². The monoisotopic (exact) mass is 238 g/mol. The van der Waals surface area contributed by atoms with Gasteiger partial charge in [0.05, 0.1) is 7.11 Å². The summed E-state index contributed by atoms with van der Waals surface area (Å²) >= 11 is 0. The summed E-state index contributed by atoms with van der Waals surface area (Å²) in [5.41, 5.74) is 2.92. The molecule has 0 aromatic heterocycles. The predicted octanol–water partition coefficient (Wildman–Crippen LogP) is 4.49. The lowest BCUT2D eigenvalue weighted by molar-refractivity contribution is 0.411. The standard InChI is InChI=1S/C14H23OP/c1-11(2)16(12(3)4)10-13-8-6-7-9-14(13)15-5/h6-9,11-12H,10H2,1-5H3. The second-order valence-electron chi connectivity index (χ2n) is 4.67. The van der Waals surface area contributed by atoms with Crippen molar-refractivity contribution in [3.05, 3.63) is 29.8 Å². The maximum atomic E-state index is 5.42. The molecule has 1 aromatic rings. The van der Waals surface area contributed by atoms with Gasteiger partial charge in [-0.25, -0.2) is 0 Å². The molecule has 0 radical (unpaired) electrons. The molecule has 0 saturated heterocycles. The van der Waals surface area contributed by atoms with Gasteiger partial charge in [-0.2, -0.15) is 0 Å². The van der Waals surface area contributed by atoms with Crippen molar-refractivity contribution in [2.24, 2.45) is 0 Å². The second-order valence-corrected chi connectivity index (χ2v) is 8.08. The molecule has 0 N–H and O–H groups in total. The first-order valence-corrected chi connectivity index (χ1v) is 7.60. The number of ether oxygens (including phenoxy) is 1. The lowest BCUT2D eigenvalue weighted by atomic mass is 10.2. The summed E-state index contributed by atoms with van der Waals surface area (Å²) in [4.78, 5) is 0. The van der Waals surface area contributed by atoms with Crippen molar-refractivity contribution in [2.45, 2.75) is 45.2 Å². The molecule has 2 heteroatoms. The van der Waals surface area contributed by atoms with E-state index in [9.17, 15) is 0 Å². The third-order valence-electron chi connectivity index (χ3n) is 2.87. The number of methoxy groups -OCH3 is 1. The fourth-order valence-corrected chi connectivity index (χ4v) is 4.57. The van der Waals surface area contributed by atoms with Gasteiger partial charge in [-0.15, -0.1) is 0 Å². The SMILES string of the molecule is COc1ccccc1CP(C(C)C)C(C)C. The van der Waals surface area contributed by atoms with Gasteiger partial charge in [0, 0.05) is 0 Å². The summed E-state index contributed by atoms with van der Waals surface area (Å²) < 4.78 is 5.42. The average molecular weight is 238 g/mol. The lowest BCUT2D eigenvalue weighted by Crippen LogP contribution is -2.06. The van der Waals surface area contributed by atoms with Crippen LogP contribution in [0.2, 0.25) is 0 Å². The summed E-state index contributed by atoms with van der Waals surface area (Å²) in [7, 11) is 1.80. The van der Waals surface area contributed by atoms with Crippen LogP contribution in [-0.4, -0.2) is 18.4 Å². The average Bonchev–Trinajstić information content (AvgIpc) is 2.25. The van der Waals surface area contributed by atoms with Crippen LogP contribution in [0.5, 0.6) is 5.75 Å². The molecule has 0 atom stereocenters. The van der Waals surface area contributed by atoms with Crippen LogP contribution in [0.3, 0.4) is 0 Å². The molecule has 0 amide bonds. The molecule has 0 aliphatic heterocycles. The van der Waals surface area contributed by atoms with Crippen LogP contribution >= 0.6 is 7.92 Å². The Morgan fingerprint density at radius 2 is 1.62 bits per heavy atom. The molecule has 0 fully saturated rings. The number of rotatable bonds is 5. The highest BCUT2D eigenvalue weighted by Crippen LogP contribution is 2.50. The smallest absolute Gasteiger partial charge is 0.122 e. The van der Waals surface area contributed by atoms with Crippen molar-refractivity contribution in [1.29, 1.82) is 0 Å². The van der Waals surface area contributed by atoms with Gasteiger partial charge in [0.25, 0.3) is 0 Å². The zero-order chi connectivity index (χ0) is 12.1. The minimum Gasteiger partial charge on any atom is -0.496 e. The normalized spacial score (nSPS) is 11.5. The first kappa shape index (κ1) is 13.5. The Morgan fingerprint density at radius 3 is 2.12 bits per heavy atom. The zero-order valence-electron chi connectivity index (χ0n) is 11.0. The number of hydrogen-bond donors (Lipinski definition) is 0. The first-order valence-electron chi connectivity index (χ1n) is 5.94. The van der Waals surface area contributed by atoms with Crippen molar-refractivity contribution in [2.75, 3.05) is 7.11 Å². The van der Waals surface area contributed by atoms with Crippen LogP contribution in [0.15, 0.2) is 24.3 Å². The topological polar surface area (TPSA) is 9.23 Å². The van der Waals surface area contributed by atoms with Crippen molar-refractivity contribution >= 4 is 7.92 Å². The van der Waals surface area contributed by atoms with Gasteiger partial charge in [-0.05, 0) is 29.1 Å². The van der Waals surface area contributed by atoms with Gasteiger partial charge in [0.2, 0.25) is 0 Å². The Kier molecular flexibility index (Phi) is 5.28. The van der Waals surface area contributed by atoms with Crippen LogP contribution < -0.4 is 4.74 Å². The summed E-state index contributed by atoms with van der Waals surface area (Å²) in [5, 5.41) is 0. The van der Waals surface area contributed by atoms with Crippen LogP contribution in [-0.2, 0) is 6.16 Å². The van der Waals surface area contributed by atoms with Gasteiger partial charge >= 0.3 is 0 Å². The third kappa shape index (κ3) is 3.49. The van der Waals surface area contributed by atoms with Gasteiger partial charge in [0.1, 0.15) is 5.75 Å². The highest BCUT2D eigenvalue weighted by Gasteiger charge is 2.18. The molecule has 90 valence electrons. The first-order chi connectivity index (χ1) is 7.56. The van der Waals surface area contributed by atoms with Crippen molar-refractivity contribution in [3.63, 3.8) is 0 Å². The van der Waals surface area contributed by atoms with Gasteiger partial charge in [0.15, 0.2) is 0 Å². The molecular formula is C14H23OP. The fourth-order valence-electron chi connectivity index (χ4n) is 1.99. The fraction of sp³-hybridized carbons (Fsp3) is 0.571. The molecule has 0 aliphatic rings. The van der Waals surface area contributed by atoms with Gasteiger partial charge < -0.3 is 4.74 Å². The van der Waals surface area contributed by atoms with E-state index in [1.54, 1.807) is 7.11 Å². The Balaban J connectivity index is 2.85. The van der Waals surface area contributed by atoms with E-state index in [4.69, 9.17) is 4.74 Å². The van der Waals surface area contributed by atoms with E-state index < -0.39 is 0 Å². The van der Waals surface area contributed by atoms with E-state index in [0.29, 0.717) is 0 Å². The third-order valence-corrected chi connectivity index (χ3v) is 6.23. The Labute approximate surface area is 101 Å². The summed E-state index contributed by atoms with van der Waals surface area (Å²) in [6, 6.07) is 8.39. The number of hydrogen-bond acceptors (Lipinski definition) is 1. The highest BCUT2D eigenvalue weighted by molar-refractivity contribution is 7.58. The van der Waals surface area contributed by atoms with E-state index in [-0.39, 0.29) is 7.92 Å². The van der Waals surface area contributed by atoms with E-state index in [0.717, 1.165) is 17.1 Å². The molecule has 0 bridgehead atoms. The summed E-state index contributed by atoms with van der Waals surface area (Å²) in [5.74, 6) is 1.04. The molecule has 1 nitrogen and oxygen atoms in total. The maximum absolute atomic E-state index is 5.42. The molecule has 16 heavy (non-hydrogen) atoms. The van der Waals surface area contributed by atoms with Gasteiger partial charge in [-0.1, -0.05) is 53.8 Å². The number of benzene rings is 1. The molecule has 1 aromatic carbocycles. The lowest BCUT2D eigenvalue weighted by Gasteiger charge is -2.26. The summed E-state index contributed by atoms with van der Waals surface area (Å²) in [6.45, 7) is 9.34. The van der Waals surface area contributed by atoms with E-state index in [1.165, 1.54) is 11.7 Å². The Bertz CT molecular complexity index is 312. The quantitative estimate of drug-likeness (QED) is 0.686. The van der Waals surface area contributed by atoms with Crippen LogP contribution in [0.4, 0.5) is 0 Å². The second kappa shape index (κ2) is 6.25.